The summed E-state index contributed by atoms with van der Waals surface area (Å²) in [5.41, 5.74) is 1.61. The predicted molar refractivity (Wildman–Crippen MR) is 107 cm³/mol. The summed E-state index contributed by atoms with van der Waals surface area (Å²) in [5, 5.41) is 18.8. The van der Waals surface area contributed by atoms with Gasteiger partial charge in [-0.1, -0.05) is 12.7 Å². The standard InChI is InChI=1S/C22H28O8/c1-12(7-8-23)21(26)29-19-10-16(11-24)5-6-17(28-15(4)25)13(2)9-18-20(19)14(3)22(27)30-18/h5,7,9,17-20,23-24H,3,6,8,10-11H2,1-2,4H3/b12-7+,13-9-,16-5+/t17?,18-,19?,20+/m0/s1. The Labute approximate surface area is 175 Å². The van der Waals surface area contributed by atoms with Crippen molar-refractivity contribution in [1.29, 1.82) is 0 Å². The number of rotatable bonds is 5. The van der Waals surface area contributed by atoms with Crippen molar-refractivity contribution in [2.45, 2.75) is 51.9 Å². The van der Waals surface area contributed by atoms with E-state index in [0.717, 1.165) is 0 Å². The maximum atomic E-state index is 12.5. The van der Waals surface area contributed by atoms with Gasteiger partial charge >= 0.3 is 17.9 Å². The first-order valence-electron chi connectivity index (χ1n) is 9.70. The van der Waals surface area contributed by atoms with Crippen molar-refractivity contribution in [2.75, 3.05) is 13.2 Å². The van der Waals surface area contributed by atoms with Gasteiger partial charge in [0.1, 0.15) is 18.3 Å². The van der Waals surface area contributed by atoms with Gasteiger partial charge in [0.05, 0.1) is 19.1 Å². The second-order valence-electron chi connectivity index (χ2n) is 7.40. The molecule has 0 amide bonds. The third-order valence-corrected chi connectivity index (χ3v) is 5.17. The lowest BCUT2D eigenvalue weighted by atomic mass is 9.85. The molecule has 164 valence electrons. The van der Waals surface area contributed by atoms with Crippen LogP contribution in [0.3, 0.4) is 0 Å². The highest BCUT2D eigenvalue weighted by molar-refractivity contribution is 5.92. The highest BCUT2D eigenvalue weighted by Crippen LogP contribution is 2.36. The first-order chi connectivity index (χ1) is 14.2. The molecule has 0 bridgehead atoms. The predicted octanol–water partition coefficient (Wildman–Crippen LogP) is 1.53. The van der Waals surface area contributed by atoms with E-state index in [1.54, 1.807) is 19.1 Å². The summed E-state index contributed by atoms with van der Waals surface area (Å²) in [4.78, 5) is 36.2. The first-order valence-corrected chi connectivity index (χ1v) is 9.70. The highest BCUT2D eigenvalue weighted by atomic mass is 16.6. The molecule has 0 aromatic heterocycles. The summed E-state index contributed by atoms with van der Waals surface area (Å²) in [6, 6.07) is 0. The molecule has 30 heavy (non-hydrogen) atoms. The molecule has 2 rings (SSSR count). The molecule has 0 spiro atoms. The van der Waals surface area contributed by atoms with Crippen LogP contribution in [0.5, 0.6) is 0 Å². The minimum absolute atomic E-state index is 0.144. The molecule has 1 heterocycles. The summed E-state index contributed by atoms with van der Waals surface area (Å²) in [7, 11) is 0. The molecule has 0 aromatic rings. The van der Waals surface area contributed by atoms with Crippen LogP contribution in [0.15, 0.2) is 47.1 Å². The number of ether oxygens (including phenoxy) is 3. The highest BCUT2D eigenvalue weighted by Gasteiger charge is 2.45. The van der Waals surface area contributed by atoms with Gasteiger partial charge in [-0.2, -0.15) is 0 Å². The Morgan fingerprint density at radius 1 is 1.30 bits per heavy atom. The molecular formula is C22H28O8. The van der Waals surface area contributed by atoms with Crippen LogP contribution in [0.25, 0.3) is 0 Å². The van der Waals surface area contributed by atoms with Gasteiger partial charge in [0, 0.05) is 30.9 Å². The Balaban J connectivity index is 2.46. The number of aliphatic hydroxyl groups is 2. The third kappa shape index (κ3) is 5.67. The monoisotopic (exact) mass is 420 g/mol. The average Bonchev–Trinajstić information content (AvgIpc) is 2.95. The van der Waals surface area contributed by atoms with Crippen LogP contribution in [0.4, 0.5) is 0 Å². The molecule has 4 atom stereocenters. The van der Waals surface area contributed by atoms with Crippen LogP contribution in [0.1, 0.15) is 33.6 Å². The average molecular weight is 420 g/mol. The molecule has 1 fully saturated rings. The van der Waals surface area contributed by atoms with E-state index in [9.17, 15) is 19.5 Å². The Bertz CT molecular complexity index is 804. The molecule has 8 nitrogen and oxygen atoms in total. The van der Waals surface area contributed by atoms with Crippen molar-refractivity contribution in [3.8, 4) is 0 Å². The molecule has 0 saturated carbocycles. The molecule has 2 N–H and O–H groups in total. The van der Waals surface area contributed by atoms with E-state index in [2.05, 4.69) is 6.58 Å². The van der Waals surface area contributed by atoms with E-state index in [1.807, 2.05) is 0 Å². The van der Waals surface area contributed by atoms with Crippen molar-refractivity contribution in [3.63, 3.8) is 0 Å². The minimum atomic E-state index is -0.823. The SMILES string of the molecule is C=C1C(=O)O[C@H]2/C=C(/C)C(OC(C)=O)C/C=C(/CO)CC(OC(=O)/C(C)=C/CO)[C@H]12. The Hall–Kier alpha value is -2.71. The van der Waals surface area contributed by atoms with E-state index in [0.29, 0.717) is 17.6 Å². The van der Waals surface area contributed by atoms with Gasteiger partial charge in [-0.05, 0) is 37.1 Å². The zero-order chi connectivity index (χ0) is 22.4. The van der Waals surface area contributed by atoms with Crippen LogP contribution in [0.2, 0.25) is 0 Å². The number of aliphatic hydroxyl groups excluding tert-OH is 2. The van der Waals surface area contributed by atoms with E-state index < -0.39 is 42.1 Å². The molecule has 1 saturated heterocycles. The molecule has 0 aromatic carbocycles. The topological polar surface area (TPSA) is 119 Å². The van der Waals surface area contributed by atoms with E-state index in [4.69, 9.17) is 19.3 Å². The summed E-state index contributed by atoms with van der Waals surface area (Å²) in [6.07, 6.45) is 3.04. The summed E-state index contributed by atoms with van der Waals surface area (Å²) < 4.78 is 16.5. The van der Waals surface area contributed by atoms with Gasteiger partial charge in [0.2, 0.25) is 0 Å². The number of fused-ring (bicyclic) bond motifs is 1. The molecular weight excluding hydrogens is 392 g/mol. The van der Waals surface area contributed by atoms with Crippen molar-refractivity contribution >= 4 is 17.9 Å². The lowest BCUT2D eigenvalue weighted by molar-refractivity contribution is -0.148. The number of hydrogen-bond acceptors (Lipinski definition) is 8. The van der Waals surface area contributed by atoms with Crippen LogP contribution < -0.4 is 0 Å². The lowest BCUT2D eigenvalue weighted by Crippen LogP contribution is -2.34. The zero-order valence-corrected chi connectivity index (χ0v) is 17.4. The Morgan fingerprint density at radius 2 is 2.00 bits per heavy atom. The van der Waals surface area contributed by atoms with Crippen LogP contribution in [0, 0.1) is 5.92 Å². The second kappa shape index (κ2) is 10.4. The summed E-state index contributed by atoms with van der Waals surface area (Å²) in [5.74, 6) is -2.38. The number of hydrogen-bond donors (Lipinski definition) is 2. The molecule has 1 aliphatic carbocycles. The van der Waals surface area contributed by atoms with Gasteiger partial charge < -0.3 is 24.4 Å². The number of esters is 3. The normalized spacial score (nSPS) is 30.9. The zero-order valence-electron chi connectivity index (χ0n) is 17.4. The fraction of sp³-hybridized carbons (Fsp3) is 0.500. The molecule has 2 aliphatic rings. The van der Waals surface area contributed by atoms with E-state index >= 15 is 0 Å². The smallest absolute Gasteiger partial charge is 0.334 e. The van der Waals surface area contributed by atoms with Crippen molar-refractivity contribution in [3.05, 3.63) is 47.1 Å². The van der Waals surface area contributed by atoms with Gasteiger partial charge in [-0.25, -0.2) is 9.59 Å². The minimum Gasteiger partial charge on any atom is -0.458 e. The summed E-state index contributed by atoms with van der Waals surface area (Å²) >= 11 is 0. The first kappa shape index (κ1) is 23.6. The molecule has 1 aliphatic heterocycles. The second-order valence-corrected chi connectivity index (χ2v) is 7.40. The number of carbonyl (C=O) groups is 3. The van der Waals surface area contributed by atoms with Gasteiger partial charge in [0.15, 0.2) is 0 Å². The van der Waals surface area contributed by atoms with Crippen molar-refractivity contribution in [2.24, 2.45) is 5.92 Å². The maximum Gasteiger partial charge on any atom is 0.334 e. The fourth-order valence-corrected chi connectivity index (χ4v) is 3.51. The third-order valence-electron chi connectivity index (χ3n) is 5.17. The van der Waals surface area contributed by atoms with Crippen LogP contribution >= 0.6 is 0 Å². The van der Waals surface area contributed by atoms with Crippen molar-refractivity contribution in [1.82, 2.24) is 0 Å². The van der Waals surface area contributed by atoms with Gasteiger partial charge in [-0.3, -0.25) is 4.79 Å². The van der Waals surface area contributed by atoms with Crippen LogP contribution in [-0.4, -0.2) is 59.6 Å². The fourth-order valence-electron chi connectivity index (χ4n) is 3.51. The lowest BCUT2D eigenvalue weighted by Gasteiger charge is -2.29. The Kier molecular flexibility index (Phi) is 8.14. The number of carbonyl (C=O) groups excluding carboxylic acids is 3. The van der Waals surface area contributed by atoms with Crippen molar-refractivity contribution < 1.29 is 38.8 Å². The summed E-state index contributed by atoms with van der Waals surface area (Å²) in [6.45, 7) is 7.77. The van der Waals surface area contributed by atoms with Gasteiger partial charge in [-0.15, -0.1) is 0 Å². The Morgan fingerprint density at radius 3 is 2.60 bits per heavy atom. The van der Waals surface area contributed by atoms with Gasteiger partial charge in [0.25, 0.3) is 0 Å². The molecule has 8 heteroatoms. The molecule has 0 radical (unpaired) electrons. The molecule has 2 unspecified atom stereocenters. The van der Waals surface area contributed by atoms with Crippen LogP contribution in [-0.2, 0) is 28.6 Å². The van der Waals surface area contributed by atoms with E-state index in [-0.39, 0.29) is 30.8 Å². The quantitative estimate of drug-likeness (QED) is 0.297. The maximum absolute atomic E-state index is 12.5. The largest absolute Gasteiger partial charge is 0.458 e. The van der Waals surface area contributed by atoms with E-state index in [1.165, 1.54) is 19.9 Å².